The molecule has 8 aromatic rings. The predicted molar refractivity (Wildman–Crippen MR) is 208 cm³/mol. The Balaban J connectivity index is 1.08. The molecule has 1 aliphatic rings. The van der Waals surface area contributed by atoms with E-state index in [-0.39, 0.29) is 0 Å². The summed E-state index contributed by atoms with van der Waals surface area (Å²) in [7, 11) is 0. The molecule has 0 spiro atoms. The van der Waals surface area contributed by atoms with E-state index in [0.717, 1.165) is 58.2 Å². The van der Waals surface area contributed by atoms with Gasteiger partial charge in [-0.05, 0) is 101 Å². The molecular weight excluding hydrogens is 619 g/mol. The van der Waals surface area contributed by atoms with Gasteiger partial charge in [0.1, 0.15) is 0 Å². The van der Waals surface area contributed by atoms with Gasteiger partial charge in [-0.15, -0.1) is 0 Å². The number of aromatic nitrogens is 1. The van der Waals surface area contributed by atoms with Crippen LogP contribution in [-0.4, -0.2) is 4.57 Å². The highest BCUT2D eigenvalue weighted by atomic mass is 15.0. The van der Waals surface area contributed by atoms with Gasteiger partial charge in [0.25, 0.3) is 0 Å². The minimum absolute atomic E-state index is 0.373. The smallest absolute Gasteiger partial charge is 0.0998 e. The van der Waals surface area contributed by atoms with Gasteiger partial charge >= 0.3 is 0 Å². The molecule has 0 N–H and O–H groups in total. The Morgan fingerprint density at radius 1 is 0.529 bits per heavy atom. The molecule has 3 heteroatoms. The number of rotatable bonds is 5. The molecule has 7 aromatic carbocycles. The van der Waals surface area contributed by atoms with E-state index in [1.54, 1.807) is 0 Å². The first-order chi connectivity index (χ1) is 25.2. The molecule has 0 radical (unpaired) electrons. The van der Waals surface area contributed by atoms with Crippen LogP contribution in [0.5, 0.6) is 0 Å². The lowest BCUT2D eigenvalue weighted by Crippen LogP contribution is -2.04. The Bertz CT molecular complexity index is 2660. The second-order valence-corrected chi connectivity index (χ2v) is 13.5. The largest absolute Gasteiger partial charge is 0.309 e. The van der Waals surface area contributed by atoms with Crippen molar-refractivity contribution >= 4 is 21.8 Å². The molecule has 0 fully saturated rings. The van der Waals surface area contributed by atoms with Gasteiger partial charge in [-0.2, -0.15) is 10.5 Å². The quantitative estimate of drug-likeness (QED) is 0.186. The summed E-state index contributed by atoms with van der Waals surface area (Å²) in [5, 5.41) is 23.3. The maximum Gasteiger partial charge on any atom is 0.0998 e. The zero-order valence-electron chi connectivity index (χ0n) is 28.1. The Morgan fingerprint density at radius 2 is 1.12 bits per heavy atom. The molecule has 1 heterocycles. The van der Waals surface area contributed by atoms with Crippen molar-refractivity contribution in [2.75, 3.05) is 0 Å². The fourth-order valence-electron chi connectivity index (χ4n) is 8.22. The van der Waals surface area contributed by atoms with Crippen LogP contribution in [0.1, 0.15) is 40.2 Å². The normalized spacial score (nSPS) is 13.6. The first kappa shape index (κ1) is 30.4. The van der Waals surface area contributed by atoms with Gasteiger partial charge in [-0.1, -0.05) is 121 Å². The summed E-state index contributed by atoms with van der Waals surface area (Å²) >= 11 is 0. The van der Waals surface area contributed by atoms with Crippen LogP contribution in [0.2, 0.25) is 0 Å². The van der Waals surface area contributed by atoms with Gasteiger partial charge in [0, 0.05) is 27.6 Å². The zero-order chi connectivity index (χ0) is 34.3. The van der Waals surface area contributed by atoms with Gasteiger partial charge in [0.2, 0.25) is 0 Å². The highest BCUT2D eigenvalue weighted by Crippen LogP contribution is 2.41. The average molecular weight is 652 g/mol. The van der Waals surface area contributed by atoms with E-state index in [2.05, 4.69) is 150 Å². The number of aryl methyl sites for hydroxylation is 1. The van der Waals surface area contributed by atoms with Crippen LogP contribution < -0.4 is 0 Å². The SMILES string of the molecule is N#Cc1cc(-c2cccc(-n3c4ccccc4c4ccccc43)c2)c(C#N)cc1-c1cccc(CC2CCc3ccccc3-c3ccccc32)c1. The third-order valence-corrected chi connectivity index (χ3v) is 10.6. The van der Waals surface area contributed by atoms with Crippen LogP contribution in [0.3, 0.4) is 0 Å². The molecule has 240 valence electrons. The van der Waals surface area contributed by atoms with E-state index in [9.17, 15) is 10.5 Å². The van der Waals surface area contributed by atoms with Gasteiger partial charge in [-0.3, -0.25) is 0 Å². The van der Waals surface area contributed by atoms with E-state index in [1.807, 2.05) is 24.3 Å². The van der Waals surface area contributed by atoms with E-state index >= 15 is 0 Å². The molecule has 9 rings (SSSR count). The van der Waals surface area contributed by atoms with Crippen LogP contribution in [0.15, 0.2) is 158 Å². The van der Waals surface area contributed by atoms with Gasteiger partial charge < -0.3 is 4.57 Å². The number of benzene rings is 7. The summed E-state index contributed by atoms with van der Waals surface area (Å²) in [5.41, 5.74) is 14.4. The summed E-state index contributed by atoms with van der Waals surface area (Å²) in [5.74, 6) is 0.373. The second kappa shape index (κ2) is 12.6. The fourth-order valence-corrected chi connectivity index (χ4v) is 8.22. The molecule has 3 nitrogen and oxygen atoms in total. The van der Waals surface area contributed by atoms with Crippen molar-refractivity contribution in [1.82, 2.24) is 4.57 Å². The van der Waals surface area contributed by atoms with Crippen LogP contribution in [-0.2, 0) is 12.8 Å². The van der Waals surface area contributed by atoms with E-state index in [0.29, 0.717) is 17.0 Å². The number of fused-ring (bicyclic) bond motifs is 6. The Hall–Kier alpha value is -6.68. The van der Waals surface area contributed by atoms with Crippen LogP contribution >= 0.6 is 0 Å². The first-order valence-corrected chi connectivity index (χ1v) is 17.5. The standard InChI is InChI=1S/C48H33N3/c49-30-37-29-46(35-14-10-15-39(27-35)51-47-21-7-5-19-43(47)44-20-6-8-22-48(44)51)38(31-50)28-45(37)34-13-9-11-32(25-34)26-36-24-23-33-12-1-2-16-40(33)42-18-4-3-17-41(36)42/h1-22,25,27-29,36H,23-24,26H2. The molecule has 1 unspecified atom stereocenters. The number of nitrogens with zero attached hydrogens (tertiary/aromatic N) is 3. The summed E-state index contributed by atoms with van der Waals surface area (Å²) in [6.07, 6.45) is 3.01. The van der Waals surface area contributed by atoms with Crippen molar-refractivity contribution in [3.8, 4) is 51.2 Å². The summed E-state index contributed by atoms with van der Waals surface area (Å²) in [6, 6.07) is 60.0. The maximum atomic E-state index is 10.5. The van der Waals surface area contributed by atoms with Crippen LogP contribution in [0.4, 0.5) is 0 Å². The zero-order valence-corrected chi connectivity index (χ0v) is 28.1. The Kier molecular flexibility index (Phi) is 7.54. The molecule has 0 bridgehead atoms. The molecular formula is C48H33N3. The first-order valence-electron chi connectivity index (χ1n) is 17.5. The number of hydrogen-bond donors (Lipinski definition) is 0. The molecule has 51 heavy (non-hydrogen) atoms. The maximum absolute atomic E-state index is 10.5. The molecule has 0 saturated carbocycles. The monoisotopic (exact) mass is 651 g/mol. The van der Waals surface area contributed by atoms with Crippen molar-refractivity contribution < 1.29 is 0 Å². The van der Waals surface area contributed by atoms with E-state index < -0.39 is 0 Å². The lowest BCUT2D eigenvalue weighted by atomic mass is 9.85. The topological polar surface area (TPSA) is 52.5 Å². The summed E-state index contributed by atoms with van der Waals surface area (Å²) < 4.78 is 2.27. The minimum Gasteiger partial charge on any atom is -0.309 e. The van der Waals surface area contributed by atoms with Crippen molar-refractivity contribution in [2.24, 2.45) is 0 Å². The minimum atomic E-state index is 0.373. The van der Waals surface area contributed by atoms with E-state index in [1.165, 1.54) is 38.6 Å². The predicted octanol–water partition coefficient (Wildman–Crippen LogP) is 11.8. The lowest BCUT2D eigenvalue weighted by Gasteiger charge is -2.19. The van der Waals surface area contributed by atoms with Gasteiger partial charge in [-0.25, -0.2) is 0 Å². The van der Waals surface area contributed by atoms with Crippen LogP contribution in [0, 0.1) is 22.7 Å². The highest BCUT2D eigenvalue weighted by molar-refractivity contribution is 6.09. The molecule has 0 amide bonds. The van der Waals surface area contributed by atoms with Crippen molar-refractivity contribution in [3.63, 3.8) is 0 Å². The molecule has 0 aliphatic heterocycles. The summed E-state index contributed by atoms with van der Waals surface area (Å²) in [4.78, 5) is 0. The highest BCUT2D eigenvalue weighted by Gasteiger charge is 2.23. The van der Waals surface area contributed by atoms with Crippen LogP contribution in [0.25, 0.3) is 60.9 Å². The number of nitriles is 2. The third kappa shape index (κ3) is 5.28. The Morgan fingerprint density at radius 3 is 1.82 bits per heavy atom. The fraction of sp³-hybridized carbons (Fsp3) is 0.0833. The molecule has 1 aromatic heterocycles. The van der Waals surface area contributed by atoms with E-state index in [4.69, 9.17) is 0 Å². The molecule has 0 saturated heterocycles. The number of para-hydroxylation sites is 2. The van der Waals surface area contributed by atoms with Crippen molar-refractivity contribution in [1.29, 1.82) is 10.5 Å². The Labute approximate surface area is 297 Å². The van der Waals surface area contributed by atoms with Crippen molar-refractivity contribution in [2.45, 2.75) is 25.2 Å². The summed E-state index contributed by atoms with van der Waals surface area (Å²) in [6.45, 7) is 0. The van der Waals surface area contributed by atoms with Gasteiger partial charge in [0.15, 0.2) is 0 Å². The average Bonchev–Trinajstić information content (AvgIpc) is 3.45. The van der Waals surface area contributed by atoms with Crippen molar-refractivity contribution in [3.05, 3.63) is 186 Å². The molecule has 1 aliphatic carbocycles. The molecule has 1 atom stereocenters. The second-order valence-electron chi connectivity index (χ2n) is 13.5. The lowest BCUT2D eigenvalue weighted by molar-refractivity contribution is 0.629. The number of hydrogen-bond acceptors (Lipinski definition) is 2. The van der Waals surface area contributed by atoms with Gasteiger partial charge in [0.05, 0.1) is 34.3 Å². The third-order valence-electron chi connectivity index (χ3n) is 10.6.